The van der Waals surface area contributed by atoms with Crippen LogP contribution in [0.25, 0.3) is 0 Å². The second-order valence-electron chi connectivity index (χ2n) is 4.30. The van der Waals surface area contributed by atoms with Crippen LogP contribution in [-0.2, 0) is 4.74 Å². The molecule has 0 amide bonds. The molecule has 0 heterocycles. The number of hydrogen-bond donors (Lipinski definition) is 2. The van der Waals surface area contributed by atoms with E-state index in [1.54, 1.807) is 0 Å². The van der Waals surface area contributed by atoms with Gasteiger partial charge in [0.15, 0.2) is 0 Å². The first-order valence-corrected chi connectivity index (χ1v) is 5.79. The maximum absolute atomic E-state index is 7.62. The molecular weight excluding hydrogens is 192 g/mol. The molecule has 0 radical (unpaired) electrons. The van der Waals surface area contributed by atoms with E-state index in [0.717, 1.165) is 13.0 Å². The van der Waals surface area contributed by atoms with Crippen molar-refractivity contribution in [3.05, 3.63) is 0 Å². The van der Waals surface area contributed by atoms with Crippen LogP contribution in [0.4, 0.5) is 0 Å². The Balaban J connectivity index is 0. The fraction of sp³-hybridized carbons (Fsp3) is 1.00. The van der Waals surface area contributed by atoms with Gasteiger partial charge in [0, 0.05) is 6.61 Å². The first-order chi connectivity index (χ1) is 6.96. The van der Waals surface area contributed by atoms with Gasteiger partial charge in [-0.2, -0.15) is 0 Å². The van der Waals surface area contributed by atoms with Crippen LogP contribution in [0, 0.1) is 5.41 Å². The van der Waals surface area contributed by atoms with E-state index in [2.05, 4.69) is 34.6 Å². The van der Waals surface area contributed by atoms with Crippen LogP contribution in [0.2, 0.25) is 0 Å². The fourth-order valence-corrected chi connectivity index (χ4v) is 0.808. The summed E-state index contributed by atoms with van der Waals surface area (Å²) < 4.78 is 5.65. The zero-order valence-corrected chi connectivity index (χ0v) is 10.9. The van der Waals surface area contributed by atoms with Crippen LogP contribution in [0.15, 0.2) is 0 Å². The van der Waals surface area contributed by atoms with Crippen molar-refractivity contribution in [1.82, 2.24) is 0 Å². The lowest BCUT2D eigenvalue weighted by Crippen LogP contribution is -2.28. The number of aliphatic hydroxyl groups excluding tert-OH is 2. The molecule has 0 aromatic carbocycles. The van der Waals surface area contributed by atoms with Gasteiger partial charge >= 0.3 is 0 Å². The highest BCUT2D eigenvalue weighted by atomic mass is 16.5. The summed E-state index contributed by atoms with van der Waals surface area (Å²) in [6.07, 6.45) is 2.68. The Hall–Kier alpha value is -0.120. The minimum atomic E-state index is -0.125. The van der Waals surface area contributed by atoms with E-state index >= 15 is 0 Å². The lowest BCUT2D eigenvalue weighted by Gasteiger charge is -2.30. The van der Waals surface area contributed by atoms with E-state index in [1.165, 1.54) is 6.42 Å². The van der Waals surface area contributed by atoms with Crippen LogP contribution in [-0.4, -0.2) is 36.1 Å². The SMILES string of the molecule is CCCOC(C)C(C)(C)CC.OCCO. The van der Waals surface area contributed by atoms with Gasteiger partial charge in [0.25, 0.3) is 0 Å². The molecule has 0 spiro atoms. The van der Waals surface area contributed by atoms with E-state index in [0.29, 0.717) is 11.5 Å². The van der Waals surface area contributed by atoms with Crippen molar-refractivity contribution in [1.29, 1.82) is 0 Å². The smallest absolute Gasteiger partial charge is 0.0662 e. The van der Waals surface area contributed by atoms with Crippen molar-refractivity contribution in [3.8, 4) is 0 Å². The molecule has 3 heteroatoms. The van der Waals surface area contributed by atoms with E-state index < -0.39 is 0 Å². The molecule has 94 valence electrons. The second-order valence-corrected chi connectivity index (χ2v) is 4.30. The lowest BCUT2D eigenvalue weighted by atomic mass is 9.85. The van der Waals surface area contributed by atoms with Gasteiger partial charge in [-0.05, 0) is 25.2 Å². The van der Waals surface area contributed by atoms with Gasteiger partial charge in [0.1, 0.15) is 0 Å². The summed E-state index contributed by atoms with van der Waals surface area (Å²) >= 11 is 0. The molecule has 15 heavy (non-hydrogen) atoms. The molecule has 0 aliphatic heterocycles. The predicted octanol–water partition coefficient (Wildman–Crippen LogP) is 2.21. The molecule has 0 saturated carbocycles. The van der Waals surface area contributed by atoms with Crippen molar-refractivity contribution < 1.29 is 14.9 Å². The van der Waals surface area contributed by atoms with Gasteiger partial charge in [-0.3, -0.25) is 0 Å². The summed E-state index contributed by atoms with van der Waals surface area (Å²) in [5.74, 6) is 0. The third kappa shape index (κ3) is 10.2. The van der Waals surface area contributed by atoms with Crippen LogP contribution >= 0.6 is 0 Å². The first-order valence-electron chi connectivity index (χ1n) is 5.79. The van der Waals surface area contributed by atoms with E-state index in [1.807, 2.05) is 0 Å². The Morgan fingerprint density at radius 3 is 1.87 bits per heavy atom. The maximum atomic E-state index is 7.62. The zero-order chi connectivity index (χ0) is 12.3. The molecule has 0 bridgehead atoms. The lowest BCUT2D eigenvalue weighted by molar-refractivity contribution is -0.0144. The van der Waals surface area contributed by atoms with Crippen molar-refractivity contribution in [2.45, 2.75) is 53.6 Å². The summed E-state index contributed by atoms with van der Waals surface area (Å²) in [6, 6.07) is 0. The Kier molecular flexibility index (Phi) is 12.0. The number of aliphatic hydroxyl groups is 2. The van der Waals surface area contributed by atoms with Crippen molar-refractivity contribution >= 4 is 0 Å². The molecule has 0 rings (SSSR count). The van der Waals surface area contributed by atoms with Crippen LogP contribution in [0.1, 0.15) is 47.5 Å². The highest BCUT2D eigenvalue weighted by Gasteiger charge is 2.23. The number of ether oxygens (including phenoxy) is 1. The molecule has 0 aromatic heterocycles. The topological polar surface area (TPSA) is 49.7 Å². The van der Waals surface area contributed by atoms with Crippen molar-refractivity contribution in [3.63, 3.8) is 0 Å². The molecule has 2 N–H and O–H groups in total. The van der Waals surface area contributed by atoms with Crippen LogP contribution < -0.4 is 0 Å². The molecule has 0 aliphatic rings. The van der Waals surface area contributed by atoms with Crippen LogP contribution in [0.3, 0.4) is 0 Å². The third-order valence-corrected chi connectivity index (χ3v) is 2.68. The Labute approximate surface area is 94.5 Å². The molecule has 1 unspecified atom stereocenters. The van der Waals surface area contributed by atoms with Gasteiger partial charge in [-0.25, -0.2) is 0 Å². The average molecular weight is 220 g/mol. The van der Waals surface area contributed by atoms with Crippen molar-refractivity contribution in [2.24, 2.45) is 5.41 Å². The normalized spacial score (nSPS) is 13.0. The molecular formula is C12H28O3. The van der Waals surface area contributed by atoms with Gasteiger partial charge in [-0.15, -0.1) is 0 Å². The average Bonchev–Trinajstić information content (AvgIpc) is 2.25. The minimum absolute atomic E-state index is 0.125. The molecule has 3 nitrogen and oxygen atoms in total. The monoisotopic (exact) mass is 220 g/mol. The zero-order valence-electron chi connectivity index (χ0n) is 10.9. The van der Waals surface area contributed by atoms with Crippen molar-refractivity contribution in [2.75, 3.05) is 19.8 Å². The summed E-state index contributed by atoms with van der Waals surface area (Å²) in [5, 5.41) is 15.2. The third-order valence-electron chi connectivity index (χ3n) is 2.68. The number of hydrogen-bond acceptors (Lipinski definition) is 3. The Morgan fingerprint density at radius 2 is 1.60 bits per heavy atom. The molecule has 0 saturated heterocycles. The molecule has 0 aliphatic carbocycles. The minimum Gasteiger partial charge on any atom is -0.394 e. The van der Waals surface area contributed by atoms with Gasteiger partial charge in [0.05, 0.1) is 19.3 Å². The summed E-state index contributed by atoms with van der Waals surface area (Å²) in [6.45, 7) is 11.7. The molecule has 1 atom stereocenters. The van der Waals surface area contributed by atoms with E-state index in [-0.39, 0.29) is 13.2 Å². The number of rotatable bonds is 6. The molecule has 0 aromatic rings. The maximum Gasteiger partial charge on any atom is 0.0662 e. The highest BCUT2D eigenvalue weighted by molar-refractivity contribution is 4.73. The second kappa shape index (κ2) is 10.4. The quantitative estimate of drug-likeness (QED) is 0.721. The summed E-state index contributed by atoms with van der Waals surface area (Å²) in [4.78, 5) is 0. The summed E-state index contributed by atoms with van der Waals surface area (Å²) in [7, 11) is 0. The van der Waals surface area contributed by atoms with E-state index in [4.69, 9.17) is 14.9 Å². The van der Waals surface area contributed by atoms with E-state index in [9.17, 15) is 0 Å². The van der Waals surface area contributed by atoms with Gasteiger partial charge in [-0.1, -0.05) is 27.7 Å². The standard InChI is InChI=1S/C10H22O.C2H6O2/c1-6-8-11-9(3)10(4,5)7-2;3-1-2-4/h9H,6-8H2,1-5H3;3-4H,1-2H2. The fourth-order valence-electron chi connectivity index (χ4n) is 0.808. The predicted molar refractivity (Wildman–Crippen MR) is 63.9 cm³/mol. The summed E-state index contributed by atoms with van der Waals surface area (Å²) in [5.41, 5.74) is 0.329. The van der Waals surface area contributed by atoms with Gasteiger partial charge in [0.2, 0.25) is 0 Å². The van der Waals surface area contributed by atoms with Gasteiger partial charge < -0.3 is 14.9 Å². The molecule has 0 fully saturated rings. The largest absolute Gasteiger partial charge is 0.394 e. The Morgan fingerprint density at radius 1 is 1.13 bits per heavy atom. The Bertz CT molecular complexity index is 122. The van der Waals surface area contributed by atoms with Crippen LogP contribution in [0.5, 0.6) is 0 Å². The highest BCUT2D eigenvalue weighted by Crippen LogP contribution is 2.26. The first kappa shape index (κ1) is 17.3.